The molecule has 0 fully saturated rings. The molecule has 6 nitrogen and oxygen atoms in total. The Balaban J connectivity index is 1.85. The van der Waals surface area contributed by atoms with Crippen LogP contribution in [-0.4, -0.2) is 26.2 Å². The van der Waals surface area contributed by atoms with Crippen LogP contribution in [0.4, 0.5) is 0 Å². The minimum absolute atomic E-state index is 0.133. The maximum atomic E-state index is 12.6. The predicted octanol–water partition coefficient (Wildman–Crippen LogP) is 3.48. The number of hydrogen-bond acceptors (Lipinski definition) is 7. The van der Waals surface area contributed by atoms with E-state index in [4.69, 9.17) is 22.6 Å². The van der Waals surface area contributed by atoms with E-state index in [1.165, 1.54) is 12.3 Å². The summed E-state index contributed by atoms with van der Waals surface area (Å²) in [6.07, 6.45) is 3.96. The summed E-state index contributed by atoms with van der Waals surface area (Å²) in [5.74, 6) is -0.220. The van der Waals surface area contributed by atoms with Crippen LogP contribution in [0.1, 0.15) is 47.6 Å². The summed E-state index contributed by atoms with van der Waals surface area (Å²) in [4.78, 5) is 25.7. The third kappa shape index (κ3) is 4.29. The van der Waals surface area contributed by atoms with E-state index in [1.807, 2.05) is 19.1 Å². The van der Waals surface area contributed by atoms with Crippen molar-refractivity contribution in [2.75, 3.05) is 0 Å². The normalized spacial score (nSPS) is 22.0. The van der Waals surface area contributed by atoms with Gasteiger partial charge in [0.15, 0.2) is 11.0 Å². The highest BCUT2D eigenvalue weighted by Gasteiger charge is 2.34. The van der Waals surface area contributed by atoms with Gasteiger partial charge in [-0.2, -0.15) is 5.26 Å². The van der Waals surface area contributed by atoms with E-state index in [2.05, 4.69) is 21.9 Å². The number of nitrogens with zero attached hydrogens (tertiary/aromatic N) is 4. The van der Waals surface area contributed by atoms with E-state index in [0.29, 0.717) is 16.0 Å². The summed E-state index contributed by atoms with van der Waals surface area (Å²) >= 11 is 7.65. The molecule has 2 atom stereocenters. The Morgan fingerprint density at radius 2 is 2.26 bits per heavy atom. The number of pyridine rings is 2. The van der Waals surface area contributed by atoms with Crippen LogP contribution < -0.4 is 5.73 Å². The Labute approximate surface area is 166 Å². The van der Waals surface area contributed by atoms with Gasteiger partial charge in [-0.1, -0.05) is 30.3 Å². The zero-order chi connectivity index (χ0) is 19.6. The highest BCUT2D eigenvalue weighted by molar-refractivity contribution is 8.14. The Kier molecular flexibility index (Phi) is 5.49. The smallest absolute Gasteiger partial charge is 0.187 e. The number of rotatable bonds is 4. The summed E-state index contributed by atoms with van der Waals surface area (Å²) in [6, 6.07) is 7.06. The largest absolute Gasteiger partial charge is 0.379 e. The molecule has 3 heterocycles. The van der Waals surface area contributed by atoms with Gasteiger partial charge in [-0.05, 0) is 37.1 Å². The van der Waals surface area contributed by atoms with Gasteiger partial charge in [-0.3, -0.25) is 14.8 Å². The van der Waals surface area contributed by atoms with E-state index in [0.717, 1.165) is 17.7 Å². The molecule has 0 unspecified atom stereocenters. The van der Waals surface area contributed by atoms with E-state index in [1.54, 1.807) is 24.0 Å². The monoisotopic (exact) mass is 399 g/mol. The van der Waals surface area contributed by atoms with Crippen molar-refractivity contribution < 1.29 is 4.79 Å². The molecule has 0 amide bonds. The van der Waals surface area contributed by atoms with Crippen molar-refractivity contribution in [3.05, 3.63) is 58.1 Å². The second kappa shape index (κ2) is 7.67. The average molecular weight is 400 g/mol. The van der Waals surface area contributed by atoms with Crippen LogP contribution in [0.5, 0.6) is 0 Å². The SMILES string of the molecule is C[C@@H]1C[C@@](C)(c2cc(CC(=O)c3ncc(C#N)cc3Cl)ccn2)N=C(N)S1. The van der Waals surface area contributed by atoms with E-state index in [-0.39, 0.29) is 22.9 Å². The fraction of sp³-hybridized carbons (Fsp3) is 0.316. The number of Topliss-reactive ketones (excluding diaryl/α,β-unsaturated/α-hetero) is 1. The first-order valence-corrected chi connectivity index (χ1v) is 9.63. The molecule has 0 saturated heterocycles. The highest BCUT2D eigenvalue weighted by atomic mass is 35.5. The third-order valence-corrected chi connectivity index (χ3v) is 5.53. The Hall–Kier alpha value is -2.43. The molecule has 0 spiro atoms. The lowest BCUT2D eigenvalue weighted by molar-refractivity contribution is 0.0988. The molecule has 0 radical (unpaired) electrons. The molecule has 2 N–H and O–H groups in total. The first kappa shape index (κ1) is 19.3. The Morgan fingerprint density at radius 1 is 1.48 bits per heavy atom. The molecule has 0 aromatic carbocycles. The van der Waals surface area contributed by atoms with Crippen molar-refractivity contribution in [3.8, 4) is 6.07 Å². The molecule has 27 heavy (non-hydrogen) atoms. The molecule has 0 bridgehead atoms. The van der Waals surface area contributed by atoms with Crippen LogP contribution in [0.25, 0.3) is 0 Å². The minimum Gasteiger partial charge on any atom is -0.379 e. The molecular weight excluding hydrogens is 382 g/mol. The second-order valence-corrected chi connectivity index (χ2v) is 8.54. The van der Waals surface area contributed by atoms with Gasteiger partial charge in [0, 0.05) is 24.1 Å². The van der Waals surface area contributed by atoms with Crippen molar-refractivity contribution in [1.82, 2.24) is 9.97 Å². The quantitative estimate of drug-likeness (QED) is 0.789. The van der Waals surface area contributed by atoms with Crippen molar-refractivity contribution in [3.63, 3.8) is 0 Å². The maximum absolute atomic E-state index is 12.6. The molecule has 3 rings (SSSR count). The van der Waals surface area contributed by atoms with Gasteiger partial charge in [-0.25, -0.2) is 4.99 Å². The lowest BCUT2D eigenvalue weighted by Gasteiger charge is -2.32. The number of nitriles is 1. The molecule has 138 valence electrons. The number of halogens is 1. The van der Waals surface area contributed by atoms with Crippen molar-refractivity contribution >= 4 is 34.3 Å². The first-order chi connectivity index (χ1) is 12.8. The lowest BCUT2D eigenvalue weighted by Crippen LogP contribution is -2.33. The van der Waals surface area contributed by atoms with Crippen molar-refractivity contribution in [1.29, 1.82) is 5.26 Å². The Morgan fingerprint density at radius 3 is 2.93 bits per heavy atom. The van der Waals surface area contributed by atoms with Gasteiger partial charge >= 0.3 is 0 Å². The number of thioether (sulfide) groups is 1. The number of aromatic nitrogens is 2. The van der Waals surface area contributed by atoms with Gasteiger partial charge in [0.2, 0.25) is 0 Å². The van der Waals surface area contributed by atoms with Crippen LogP contribution in [0.2, 0.25) is 5.02 Å². The summed E-state index contributed by atoms with van der Waals surface area (Å²) in [5.41, 5.74) is 7.49. The van der Waals surface area contributed by atoms with Gasteiger partial charge < -0.3 is 5.73 Å². The van der Waals surface area contributed by atoms with Crippen LogP contribution >= 0.6 is 23.4 Å². The lowest BCUT2D eigenvalue weighted by atomic mass is 9.90. The number of ketones is 1. The molecular formula is C19H18ClN5OS. The molecule has 0 aliphatic carbocycles. The molecule has 0 saturated carbocycles. The standard InChI is InChI=1S/C19H18ClN5OS/c1-11-8-19(2,25-18(22)27-11)16-7-12(3-4-23-16)6-15(26)17-14(20)5-13(9-21)10-24-17/h3-5,7,10-11H,6,8H2,1-2H3,(H2,22,25)/t11-,19+/m1/s1. The fourth-order valence-corrected chi connectivity index (χ4v) is 4.48. The van der Waals surface area contributed by atoms with Gasteiger partial charge in [0.25, 0.3) is 0 Å². The summed E-state index contributed by atoms with van der Waals surface area (Å²) in [6.45, 7) is 4.11. The second-order valence-electron chi connectivity index (χ2n) is 6.67. The highest BCUT2D eigenvalue weighted by Crippen LogP contribution is 2.38. The number of carbonyl (C=O) groups excluding carboxylic acids is 1. The number of carbonyl (C=O) groups is 1. The van der Waals surface area contributed by atoms with Crippen LogP contribution in [0.3, 0.4) is 0 Å². The van der Waals surface area contributed by atoms with E-state index < -0.39 is 5.54 Å². The number of aliphatic imine (C=N–C) groups is 1. The molecule has 1 aliphatic rings. The van der Waals surface area contributed by atoms with Gasteiger partial charge in [-0.15, -0.1) is 0 Å². The van der Waals surface area contributed by atoms with Gasteiger partial charge in [0.1, 0.15) is 17.3 Å². The molecule has 1 aliphatic heterocycles. The zero-order valence-electron chi connectivity index (χ0n) is 14.9. The fourth-order valence-electron chi connectivity index (χ4n) is 3.14. The van der Waals surface area contributed by atoms with Crippen molar-refractivity contribution in [2.45, 2.75) is 37.5 Å². The summed E-state index contributed by atoms with van der Waals surface area (Å²) in [7, 11) is 0. The van der Waals surface area contributed by atoms with E-state index in [9.17, 15) is 4.79 Å². The zero-order valence-corrected chi connectivity index (χ0v) is 16.5. The summed E-state index contributed by atoms with van der Waals surface area (Å²) < 4.78 is 0. The number of hydrogen-bond donors (Lipinski definition) is 1. The van der Waals surface area contributed by atoms with Crippen LogP contribution in [-0.2, 0) is 12.0 Å². The maximum Gasteiger partial charge on any atom is 0.187 e. The first-order valence-electron chi connectivity index (χ1n) is 8.37. The third-order valence-electron chi connectivity index (χ3n) is 4.34. The molecule has 2 aromatic rings. The summed E-state index contributed by atoms with van der Waals surface area (Å²) in [5, 5.41) is 9.94. The number of nitrogens with two attached hydrogens (primary N) is 1. The Bertz CT molecular complexity index is 971. The van der Waals surface area contributed by atoms with E-state index >= 15 is 0 Å². The molecule has 8 heteroatoms. The minimum atomic E-state index is -0.516. The van der Waals surface area contributed by atoms with Crippen LogP contribution in [0, 0.1) is 11.3 Å². The van der Waals surface area contributed by atoms with Crippen LogP contribution in [0.15, 0.2) is 35.6 Å². The predicted molar refractivity (Wildman–Crippen MR) is 107 cm³/mol. The van der Waals surface area contributed by atoms with Crippen molar-refractivity contribution in [2.24, 2.45) is 10.7 Å². The molecule has 2 aromatic heterocycles. The van der Waals surface area contributed by atoms with Gasteiger partial charge in [0.05, 0.1) is 16.3 Å². The topological polar surface area (TPSA) is 105 Å². The number of amidine groups is 1. The average Bonchev–Trinajstić information content (AvgIpc) is 2.60.